The molecule has 24 heavy (non-hydrogen) atoms. The van der Waals surface area contributed by atoms with E-state index in [0.717, 1.165) is 0 Å². The van der Waals surface area contributed by atoms with Crippen molar-refractivity contribution in [1.82, 2.24) is 0 Å². The predicted molar refractivity (Wildman–Crippen MR) is 122 cm³/mol. The summed E-state index contributed by atoms with van der Waals surface area (Å²) < 4.78 is 7.40. The first-order chi connectivity index (χ1) is 10.3. The van der Waals surface area contributed by atoms with Crippen LogP contribution in [0.4, 0.5) is 0 Å². The van der Waals surface area contributed by atoms with Crippen molar-refractivity contribution in [2.75, 3.05) is 0 Å². The van der Waals surface area contributed by atoms with Crippen molar-refractivity contribution in [1.29, 1.82) is 0 Å². The maximum atomic E-state index is 7.40. The summed E-state index contributed by atoms with van der Waals surface area (Å²) >= 11 is 0. The van der Waals surface area contributed by atoms with Gasteiger partial charge in [0.2, 0.25) is 0 Å². The molecule has 0 N–H and O–H groups in total. The monoisotopic (exact) mass is 400 g/mol. The van der Waals surface area contributed by atoms with E-state index in [-0.39, 0.29) is 10.6 Å². The summed E-state index contributed by atoms with van der Waals surface area (Å²) in [6.07, 6.45) is 3.81. The second-order valence-corrected chi connectivity index (χ2v) is 44.2. The average molecular weight is 401 g/mol. The maximum Gasteiger partial charge on any atom is 0.184 e. The molecule has 1 aliphatic heterocycles. The van der Waals surface area contributed by atoms with Crippen LogP contribution >= 0.6 is 0 Å². The van der Waals surface area contributed by atoms with Crippen molar-refractivity contribution in [3.05, 3.63) is 11.6 Å². The zero-order chi connectivity index (χ0) is 19.4. The molecule has 0 saturated carbocycles. The third-order valence-corrected chi connectivity index (χ3v) is 48.2. The van der Waals surface area contributed by atoms with E-state index in [0.29, 0.717) is 0 Å². The normalized spacial score (nSPS) is 26.3. The Balaban J connectivity index is 3.93. The first-order valence-corrected chi connectivity index (χ1v) is 24.3. The summed E-state index contributed by atoms with van der Waals surface area (Å²) in [6.45, 7) is 33.0. The van der Waals surface area contributed by atoms with Gasteiger partial charge in [-0.3, -0.25) is 0 Å². The fraction of sp³-hybridized carbons (Fsp3) is 0.895. The molecule has 1 atom stereocenters. The molecule has 0 amide bonds. The smallest absolute Gasteiger partial charge is 0.184 e. The minimum Gasteiger partial charge on any atom is -0.415 e. The quantitative estimate of drug-likeness (QED) is 0.372. The van der Waals surface area contributed by atoms with Gasteiger partial charge < -0.3 is 4.43 Å². The summed E-state index contributed by atoms with van der Waals surface area (Å²) in [5, 5.41) is 0.109. The van der Waals surface area contributed by atoms with E-state index < -0.39 is 30.6 Å². The van der Waals surface area contributed by atoms with Crippen LogP contribution in [0.3, 0.4) is 0 Å². The molecule has 0 aromatic heterocycles. The minimum atomic E-state index is -1.65. The van der Waals surface area contributed by atoms with Crippen LogP contribution in [0.1, 0.15) is 34.1 Å². The van der Waals surface area contributed by atoms with Gasteiger partial charge in [-0.15, -0.1) is 0 Å². The molecule has 0 bridgehead atoms. The predicted octanol–water partition coefficient (Wildman–Crippen LogP) is 6.79. The van der Waals surface area contributed by atoms with Crippen LogP contribution in [-0.4, -0.2) is 35.8 Å². The van der Waals surface area contributed by atoms with Crippen molar-refractivity contribution in [2.24, 2.45) is 5.41 Å². The van der Waals surface area contributed by atoms with Gasteiger partial charge in [0, 0.05) is 15.2 Å². The molecular formula is C19H44OSi4. The van der Waals surface area contributed by atoms with Gasteiger partial charge >= 0.3 is 0 Å². The van der Waals surface area contributed by atoms with Gasteiger partial charge in [0.15, 0.2) is 8.32 Å². The summed E-state index contributed by atoms with van der Waals surface area (Å²) in [4.78, 5) is 0. The lowest BCUT2D eigenvalue weighted by atomic mass is 9.84. The molecule has 1 nitrogen and oxygen atoms in total. The lowest BCUT2D eigenvalue weighted by Gasteiger charge is -2.68. The van der Waals surface area contributed by atoms with Crippen molar-refractivity contribution in [2.45, 2.75) is 104 Å². The van der Waals surface area contributed by atoms with E-state index in [4.69, 9.17) is 4.43 Å². The second-order valence-electron chi connectivity index (χ2n) is 12.1. The van der Waals surface area contributed by atoms with Crippen LogP contribution in [0, 0.1) is 5.41 Å². The highest BCUT2D eigenvalue weighted by Crippen LogP contribution is 2.56. The van der Waals surface area contributed by atoms with Gasteiger partial charge in [-0.25, -0.2) is 0 Å². The average Bonchev–Trinajstić information content (AvgIpc) is 2.20. The number of allylic oxidation sites excluding steroid dienone is 1. The van der Waals surface area contributed by atoms with Gasteiger partial charge in [-0.1, -0.05) is 71.7 Å². The highest BCUT2D eigenvalue weighted by atomic mass is 29.6. The zero-order valence-electron chi connectivity index (χ0n) is 18.9. The van der Waals surface area contributed by atoms with Crippen molar-refractivity contribution in [3.8, 4) is 0 Å². The number of rotatable bonds is 4. The van der Waals surface area contributed by atoms with E-state index >= 15 is 0 Å². The van der Waals surface area contributed by atoms with Gasteiger partial charge in [-0.2, -0.15) is 0 Å². The molecule has 5 heteroatoms. The molecule has 142 valence electrons. The summed E-state index contributed by atoms with van der Waals surface area (Å²) in [5.74, 6) is 0. The molecule has 0 aromatic rings. The summed E-state index contributed by atoms with van der Waals surface area (Å²) in [7, 11) is -6.02. The van der Waals surface area contributed by atoms with Crippen LogP contribution in [0.5, 0.6) is 0 Å². The molecule has 1 heterocycles. The van der Waals surface area contributed by atoms with Crippen molar-refractivity contribution in [3.63, 3.8) is 0 Å². The lowest BCUT2D eigenvalue weighted by Crippen LogP contribution is -2.87. The van der Waals surface area contributed by atoms with Crippen molar-refractivity contribution < 1.29 is 4.43 Å². The first kappa shape index (κ1) is 22.6. The van der Waals surface area contributed by atoms with Gasteiger partial charge in [0.25, 0.3) is 0 Å². The molecule has 1 unspecified atom stereocenters. The highest BCUT2D eigenvalue weighted by Gasteiger charge is 2.70. The Kier molecular flexibility index (Phi) is 5.96. The van der Waals surface area contributed by atoms with Crippen LogP contribution in [0.15, 0.2) is 11.6 Å². The molecule has 1 rings (SSSR count). The molecule has 0 aliphatic carbocycles. The Morgan fingerprint density at radius 2 is 1.33 bits per heavy atom. The maximum absolute atomic E-state index is 7.40. The molecular weight excluding hydrogens is 357 g/mol. The van der Waals surface area contributed by atoms with Crippen molar-refractivity contribution >= 4 is 30.6 Å². The zero-order valence-corrected chi connectivity index (χ0v) is 22.9. The Morgan fingerprint density at radius 1 is 0.917 bits per heavy atom. The third-order valence-electron chi connectivity index (χ3n) is 6.23. The van der Waals surface area contributed by atoms with Crippen LogP contribution in [0.2, 0.25) is 65.0 Å². The molecule has 0 spiro atoms. The van der Waals surface area contributed by atoms with E-state index in [1.165, 1.54) is 12.5 Å². The molecule has 0 radical (unpaired) electrons. The van der Waals surface area contributed by atoms with Crippen LogP contribution < -0.4 is 0 Å². The third kappa shape index (κ3) is 3.66. The Labute approximate surface area is 156 Å². The van der Waals surface area contributed by atoms with Gasteiger partial charge in [0.05, 0.1) is 12.3 Å². The fourth-order valence-corrected chi connectivity index (χ4v) is 59.8. The van der Waals surface area contributed by atoms with Gasteiger partial charge in [-0.05, 0) is 44.4 Å². The second kappa shape index (κ2) is 6.32. The largest absolute Gasteiger partial charge is 0.415 e. The Morgan fingerprint density at radius 3 is 1.62 bits per heavy atom. The van der Waals surface area contributed by atoms with E-state index in [9.17, 15) is 0 Å². The highest BCUT2D eigenvalue weighted by molar-refractivity contribution is 7.69. The lowest BCUT2D eigenvalue weighted by molar-refractivity contribution is 0.0276. The molecule has 0 fully saturated rings. The number of hydrogen-bond donors (Lipinski definition) is 0. The standard InChI is InChI=1S/C19H44OSi4/c1-17-14-15-24(22(8,9)10,23(11,12)13)19(16-17,18(2,3)4)20-21(5,6)7/h14H,15-16H2,1-13H3. The minimum absolute atomic E-state index is 0.109. The van der Waals surface area contributed by atoms with E-state index in [2.05, 4.69) is 92.7 Å². The Hall–Kier alpha value is 0.568. The van der Waals surface area contributed by atoms with Crippen LogP contribution in [0.25, 0.3) is 0 Å². The van der Waals surface area contributed by atoms with E-state index in [1.54, 1.807) is 5.57 Å². The Bertz CT molecular complexity index is 483. The molecule has 1 aliphatic rings. The number of hydrogen-bond acceptors (Lipinski definition) is 1. The van der Waals surface area contributed by atoms with Gasteiger partial charge in [0.1, 0.15) is 0 Å². The summed E-state index contributed by atoms with van der Waals surface area (Å²) in [5.41, 5.74) is 1.78. The summed E-state index contributed by atoms with van der Waals surface area (Å²) in [6, 6.07) is 1.37. The first-order valence-electron chi connectivity index (χ1n) is 9.67. The van der Waals surface area contributed by atoms with Crippen LogP contribution in [-0.2, 0) is 4.43 Å². The molecule has 0 saturated heterocycles. The topological polar surface area (TPSA) is 9.23 Å². The molecule has 0 aromatic carbocycles. The van der Waals surface area contributed by atoms with E-state index in [1.807, 2.05) is 0 Å². The SMILES string of the molecule is CC1=CC[Si]([Si](C)(C)C)([Si](C)(C)C)C(O[Si](C)(C)C)(C(C)(C)C)C1. The fourth-order valence-electron chi connectivity index (χ4n) is 5.76.